The van der Waals surface area contributed by atoms with Crippen LogP contribution in [0, 0.1) is 0 Å². The number of nitrogens with zero attached hydrogens (tertiary/aromatic N) is 4. The zero-order chi connectivity index (χ0) is 25.6. The molecule has 0 bridgehead atoms. The molecule has 186 valence electrons. The summed E-state index contributed by atoms with van der Waals surface area (Å²) in [5, 5.41) is 12.7. The van der Waals surface area contributed by atoms with Gasteiger partial charge in [0.05, 0.1) is 0 Å². The molecule has 0 saturated heterocycles. The summed E-state index contributed by atoms with van der Waals surface area (Å²) in [7, 11) is 0. The summed E-state index contributed by atoms with van der Waals surface area (Å²) >= 11 is 0. The van der Waals surface area contributed by atoms with Gasteiger partial charge < -0.3 is 9.47 Å². The van der Waals surface area contributed by atoms with Gasteiger partial charge in [-0.1, -0.05) is 48.5 Å². The van der Waals surface area contributed by atoms with Crippen molar-refractivity contribution in [3.63, 3.8) is 0 Å². The zero-order valence-corrected chi connectivity index (χ0v) is 18.2. The van der Waals surface area contributed by atoms with Crippen molar-refractivity contribution in [3.8, 4) is 11.5 Å². The molecule has 0 aromatic heterocycles. The zero-order valence-electron chi connectivity index (χ0n) is 18.2. The predicted molar refractivity (Wildman–Crippen MR) is 113 cm³/mol. The lowest BCUT2D eigenvalue weighted by molar-refractivity contribution is -0.166. The third-order valence-corrected chi connectivity index (χ3v) is 5.74. The number of benzene rings is 3. The fraction of sp³-hybridized carbons (Fsp3) is 0.250. The first-order valence-electron chi connectivity index (χ1n) is 10.6. The lowest BCUT2D eigenvalue weighted by Crippen LogP contribution is -2.30. The molecular formula is C24H16F6N4O2. The molecule has 0 amide bonds. The fourth-order valence-corrected chi connectivity index (χ4v) is 3.52. The van der Waals surface area contributed by atoms with Crippen LogP contribution in [0.3, 0.4) is 0 Å². The number of hydrogen-bond donors (Lipinski definition) is 0. The number of rotatable bonds is 8. The monoisotopic (exact) mass is 506 g/mol. The van der Waals surface area contributed by atoms with Crippen LogP contribution in [0.2, 0.25) is 0 Å². The van der Waals surface area contributed by atoms with Gasteiger partial charge in [-0.25, -0.2) is 0 Å². The number of hydrogen-bond acceptors (Lipinski definition) is 6. The smallest absolute Gasteiger partial charge is 0.442 e. The lowest BCUT2D eigenvalue weighted by Gasteiger charge is -2.15. The van der Waals surface area contributed by atoms with Gasteiger partial charge in [0.15, 0.2) is 0 Å². The topological polar surface area (TPSA) is 67.9 Å². The highest BCUT2D eigenvalue weighted by molar-refractivity contribution is 5.35. The van der Waals surface area contributed by atoms with Crippen LogP contribution in [0.4, 0.5) is 26.3 Å². The van der Waals surface area contributed by atoms with Crippen molar-refractivity contribution < 1.29 is 35.8 Å². The van der Waals surface area contributed by atoms with Gasteiger partial charge in [0.25, 0.3) is 0 Å². The summed E-state index contributed by atoms with van der Waals surface area (Å²) < 4.78 is 89.7. The first kappa shape index (κ1) is 23.8. The summed E-state index contributed by atoms with van der Waals surface area (Å²) in [5.41, 5.74) is -3.66. The van der Waals surface area contributed by atoms with E-state index in [1.54, 1.807) is 24.3 Å². The SMILES string of the molecule is FC(F)(F)C1(c2ccc(COc3ccc(OCc4ccc(C5(C(F)(F)F)N=N5)cc4)cc3)cc2)N=N1. The Hall–Kier alpha value is -3.96. The van der Waals surface area contributed by atoms with E-state index in [1.165, 1.54) is 48.5 Å². The summed E-state index contributed by atoms with van der Waals surface area (Å²) in [5.74, 6) is 1.04. The van der Waals surface area contributed by atoms with E-state index in [-0.39, 0.29) is 24.3 Å². The van der Waals surface area contributed by atoms with E-state index in [4.69, 9.17) is 9.47 Å². The minimum absolute atomic E-state index is 0.0488. The predicted octanol–water partition coefficient (Wildman–Crippen LogP) is 7.21. The molecule has 3 aromatic rings. The van der Waals surface area contributed by atoms with Crippen LogP contribution in [0.25, 0.3) is 0 Å². The van der Waals surface area contributed by atoms with E-state index < -0.39 is 23.7 Å². The Bertz CT molecular complexity index is 1190. The quantitative estimate of drug-likeness (QED) is 0.303. The second-order valence-corrected chi connectivity index (χ2v) is 8.18. The maximum absolute atomic E-state index is 13.1. The Balaban J connectivity index is 1.11. The van der Waals surface area contributed by atoms with Gasteiger partial charge >= 0.3 is 23.7 Å². The Labute approximate surface area is 200 Å². The Kier molecular flexibility index (Phi) is 5.49. The van der Waals surface area contributed by atoms with Crippen molar-refractivity contribution in [1.82, 2.24) is 0 Å². The maximum atomic E-state index is 13.1. The molecule has 2 heterocycles. The van der Waals surface area contributed by atoms with Crippen LogP contribution in [0.1, 0.15) is 22.3 Å². The second-order valence-electron chi connectivity index (χ2n) is 8.18. The van der Waals surface area contributed by atoms with Gasteiger partial charge in [-0.3, -0.25) is 0 Å². The van der Waals surface area contributed by atoms with Crippen molar-refractivity contribution in [3.05, 3.63) is 95.1 Å². The fourth-order valence-electron chi connectivity index (χ4n) is 3.52. The highest BCUT2D eigenvalue weighted by Gasteiger charge is 2.65. The molecule has 12 heteroatoms. The molecule has 0 N–H and O–H groups in total. The summed E-state index contributed by atoms with van der Waals surface area (Å²) in [4.78, 5) is 0. The van der Waals surface area contributed by atoms with Gasteiger partial charge in [-0.2, -0.15) is 26.3 Å². The third kappa shape index (κ3) is 4.38. The third-order valence-electron chi connectivity index (χ3n) is 5.74. The van der Waals surface area contributed by atoms with Crippen LogP contribution < -0.4 is 9.47 Å². The minimum Gasteiger partial charge on any atom is -0.489 e. The number of halogens is 6. The Morgan fingerprint density at radius 3 is 1.06 bits per heavy atom. The van der Waals surface area contributed by atoms with Crippen LogP contribution in [0.5, 0.6) is 11.5 Å². The average Bonchev–Trinajstić information content (AvgIpc) is 3.75. The van der Waals surface area contributed by atoms with E-state index in [0.29, 0.717) is 22.6 Å². The first-order chi connectivity index (χ1) is 17.0. The summed E-state index contributed by atoms with van der Waals surface area (Å²) in [6, 6.07) is 18.1. The van der Waals surface area contributed by atoms with Crippen LogP contribution >= 0.6 is 0 Å². The number of alkyl halides is 6. The molecule has 0 fully saturated rings. The van der Waals surface area contributed by atoms with Gasteiger partial charge in [-0.05, 0) is 35.4 Å². The largest absolute Gasteiger partial charge is 0.489 e. The molecule has 36 heavy (non-hydrogen) atoms. The average molecular weight is 506 g/mol. The molecule has 2 aliphatic heterocycles. The Morgan fingerprint density at radius 2 is 0.806 bits per heavy atom. The highest BCUT2D eigenvalue weighted by atomic mass is 19.4. The molecule has 0 aliphatic carbocycles. The molecule has 0 saturated carbocycles. The highest BCUT2D eigenvalue weighted by Crippen LogP contribution is 2.53. The van der Waals surface area contributed by atoms with Crippen LogP contribution in [0.15, 0.2) is 93.3 Å². The lowest BCUT2D eigenvalue weighted by atomic mass is 10.0. The molecule has 0 radical (unpaired) electrons. The molecule has 0 unspecified atom stereocenters. The van der Waals surface area contributed by atoms with Crippen molar-refractivity contribution in [1.29, 1.82) is 0 Å². The molecule has 0 atom stereocenters. The normalized spacial score (nSPS) is 17.1. The molecule has 5 rings (SSSR count). The van der Waals surface area contributed by atoms with Crippen LogP contribution in [-0.4, -0.2) is 12.4 Å². The van der Waals surface area contributed by atoms with Crippen molar-refractivity contribution in [2.45, 2.75) is 36.9 Å². The maximum Gasteiger partial charge on any atom is 0.442 e. The van der Waals surface area contributed by atoms with Gasteiger partial charge in [-0.15, -0.1) is 20.5 Å². The van der Waals surface area contributed by atoms with E-state index in [9.17, 15) is 26.3 Å². The molecule has 3 aromatic carbocycles. The minimum atomic E-state index is -4.57. The summed E-state index contributed by atoms with van der Waals surface area (Å²) in [6.45, 7) is 0.274. The first-order valence-corrected chi connectivity index (χ1v) is 10.6. The van der Waals surface area contributed by atoms with E-state index in [2.05, 4.69) is 20.5 Å². The van der Waals surface area contributed by atoms with Gasteiger partial charge in [0, 0.05) is 11.1 Å². The molecule has 2 aliphatic rings. The van der Waals surface area contributed by atoms with Crippen molar-refractivity contribution in [2.75, 3.05) is 0 Å². The molecule has 0 spiro atoms. The van der Waals surface area contributed by atoms with Crippen LogP contribution in [-0.2, 0) is 24.5 Å². The second kappa shape index (κ2) is 8.32. The van der Waals surface area contributed by atoms with E-state index in [1.807, 2.05) is 0 Å². The summed E-state index contributed by atoms with van der Waals surface area (Å²) in [6.07, 6.45) is -9.14. The molecular weight excluding hydrogens is 490 g/mol. The van der Waals surface area contributed by atoms with Gasteiger partial charge in [0.1, 0.15) is 24.7 Å². The standard InChI is InChI=1S/C24H16F6N4O2/c25-23(26,27)21(31-32-21)17-5-1-15(2-6-17)13-35-19-9-11-20(12-10-19)36-14-16-3-7-18(8-4-16)22(33-34-22)24(28,29)30/h1-12H,13-14H2. The van der Waals surface area contributed by atoms with E-state index >= 15 is 0 Å². The van der Waals surface area contributed by atoms with Gasteiger partial charge in [0.2, 0.25) is 0 Å². The van der Waals surface area contributed by atoms with E-state index in [0.717, 1.165) is 0 Å². The Morgan fingerprint density at radius 1 is 0.500 bits per heavy atom. The van der Waals surface area contributed by atoms with Crippen molar-refractivity contribution >= 4 is 0 Å². The molecule has 6 nitrogen and oxygen atoms in total. The number of ether oxygens (including phenoxy) is 2. The van der Waals surface area contributed by atoms with Crippen molar-refractivity contribution in [2.24, 2.45) is 20.5 Å².